The molecule has 1 amide bonds. The van der Waals surface area contributed by atoms with E-state index in [0.717, 1.165) is 16.8 Å². The number of thiazole rings is 1. The molecule has 0 bridgehead atoms. The van der Waals surface area contributed by atoms with Crippen LogP contribution in [-0.2, 0) is 4.79 Å². The van der Waals surface area contributed by atoms with Crippen molar-refractivity contribution in [1.82, 2.24) is 20.2 Å². The lowest BCUT2D eigenvalue weighted by Crippen LogP contribution is -2.22. The molecule has 2 aromatic heterocycles. The van der Waals surface area contributed by atoms with Gasteiger partial charge in [-0.3, -0.25) is 4.79 Å². The Bertz CT molecular complexity index is 1090. The second-order valence-electron chi connectivity index (χ2n) is 6.11. The number of benzene rings is 2. The minimum absolute atomic E-state index is 0.151. The van der Waals surface area contributed by atoms with Crippen LogP contribution >= 0.6 is 23.1 Å². The van der Waals surface area contributed by atoms with Crippen LogP contribution in [0.25, 0.3) is 22.5 Å². The number of thioether (sulfide) groups is 1. The Balaban J connectivity index is 1.62. The molecule has 2 heterocycles. The van der Waals surface area contributed by atoms with Gasteiger partial charge in [0.05, 0.1) is 5.25 Å². The molecule has 1 atom stereocenters. The average Bonchev–Trinajstić information content (AvgIpc) is 3.28. The summed E-state index contributed by atoms with van der Waals surface area (Å²) in [4.78, 5) is 21.2. The first kappa shape index (κ1) is 19.2. The molecule has 0 aliphatic rings. The number of carbonyl (C=O) groups is 1. The van der Waals surface area contributed by atoms with Gasteiger partial charge in [0.25, 0.3) is 0 Å². The lowest BCUT2D eigenvalue weighted by molar-refractivity contribution is -0.115. The number of hydrogen-bond acceptors (Lipinski definition) is 7. The summed E-state index contributed by atoms with van der Waals surface area (Å²) in [6.07, 6.45) is 1.65. The van der Waals surface area contributed by atoms with Gasteiger partial charge in [0, 0.05) is 22.7 Å². The predicted octanol–water partition coefficient (Wildman–Crippen LogP) is 4.78. The molecule has 0 saturated carbocycles. The zero-order chi connectivity index (χ0) is 20.1. The van der Waals surface area contributed by atoms with Crippen LogP contribution in [0, 0.1) is 0 Å². The average molecular weight is 420 g/mol. The number of hydrogen-bond donors (Lipinski definition) is 1. The Hall–Kier alpha value is -3.10. The van der Waals surface area contributed by atoms with Gasteiger partial charge in [0.2, 0.25) is 11.1 Å². The van der Waals surface area contributed by atoms with Crippen LogP contribution in [0.5, 0.6) is 0 Å². The molecule has 4 rings (SSSR count). The Labute approximate surface area is 176 Å². The van der Waals surface area contributed by atoms with E-state index in [1.165, 1.54) is 23.1 Å². The number of nitrogens with zero attached hydrogens (tertiary/aromatic N) is 4. The van der Waals surface area contributed by atoms with Crippen molar-refractivity contribution in [1.29, 1.82) is 0 Å². The second kappa shape index (κ2) is 8.93. The zero-order valence-corrected chi connectivity index (χ0v) is 17.2. The molecular formula is C21H17N5OS2. The van der Waals surface area contributed by atoms with E-state index in [1.807, 2.05) is 73.0 Å². The van der Waals surface area contributed by atoms with Gasteiger partial charge in [-0.25, -0.2) is 9.97 Å². The van der Waals surface area contributed by atoms with Crippen molar-refractivity contribution in [3.63, 3.8) is 0 Å². The van der Waals surface area contributed by atoms with Gasteiger partial charge in [-0.15, -0.1) is 21.5 Å². The smallest absolute Gasteiger partial charge is 0.239 e. The second-order valence-corrected chi connectivity index (χ2v) is 8.31. The van der Waals surface area contributed by atoms with Gasteiger partial charge in [-0.2, -0.15) is 0 Å². The SMILES string of the molecule is CC(Sc1nnc(-c2ccccc2)c(-c2ccccc2)n1)C(=O)Nc1nccs1. The fourth-order valence-corrected chi connectivity index (χ4v) is 3.90. The Morgan fingerprint density at radius 3 is 2.24 bits per heavy atom. The molecule has 0 aliphatic carbocycles. The molecule has 0 fully saturated rings. The molecule has 0 spiro atoms. The fraction of sp³-hybridized carbons (Fsp3) is 0.0952. The number of carbonyl (C=O) groups excluding carboxylic acids is 1. The Morgan fingerprint density at radius 1 is 0.966 bits per heavy atom. The normalized spacial score (nSPS) is 11.8. The molecule has 1 N–H and O–H groups in total. The van der Waals surface area contributed by atoms with E-state index < -0.39 is 5.25 Å². The van der Waals surface area contributed by atoms with Crippen molar-refractivity contribution < 1.29 is 4.79 Å². The third kappa shape index (κ3) is 4.67. The quantitative estimate of drug-likeness (QED) is 0.453. The largest absolute Gasteiger partial charge is 0.301 e. The molecule has 4 aromatic rings. The van der Waals surface area contributed by atoms with Crippen LogP contribution in [0.3, 0.4) is 0 Å². The number of aromatic nitrogens is 4. The molecule has 8 heteroatoms. The first-order valence-electron chi connectivity index (χ1n) is 8.93. The van der Waals surface area contributed by atoms with E-state index in [0.29, 0.717) is 16.0 Å². The van der Waals surface area contributed by atoms with E-state index in [-0.39, 0.29) is 5.91 Å². The molecule has 1 unspecified atom stereocenters. The predicted molar refractivity (Wildman–Crippen MR) is 117 cm³/mol. The maximum absolute atomic E-state index is 12.4. The third-order valence-corrected chi connectivity index (χ3v) is 5.72. The van der Waals surface area contributed by atoms with Crippen molar-refractivity contribution in [3.8, 4) is 22.5 Å². The van der Waals surface area contributed by atoms with Crippen LogP contribution in [0.2, 0.25) is 0 Å². The monoisotopic (exact) mass is 419 g/mol. The highest BCUT2D eigenvalue weighted by atomic mass is 32.2. The first-order valence-corrected chi connectivity index (χ1v) is 10.7. The Morgan fingerprint density at radius 2 is 1.62 bits per heavy atom. The molecule has 0 saturated heterocycles. The van der Waals surface area contributed by atoms with Crippen molar-refractivity contribution >= 4 is 34.1 Å². The lowest BCUT2D eigenvalue weighted by atomic mass is 10.0. The number of amides is 1. The summed E-state index contributed by atoms with van der Waals surface area (Å²) < 4.78 is 0. The van der Waals surface area contributed by atoms with E-state index >= 15 is 0 Å². The van der Waals surface area contributed by atoms with Crippen molar-refractivity contribution in [2.45, 2.75) is 17.3 Å². The van der Waals surface area contributed by atoms with Gasteiger partial charge < -0.3 is 5.32 Å². The number of rotatable bonds is 6. The van der Waals surface area contributed by atoms with Crippen LogP contribution in [-0.4, -0.2) is 31.3 Å². The summed E-state index contributed by atoms with van der Waals surface area (Å²) in [6, 6.07) is 19.7. The minimum Gasteiger partial charge on any atom is -0.301 e. The highest BCUT2D eigenvalue weighted by Crippen LogP contribution is 2.30. The van der Waals surface area contributed by atoms with Gasteiger partial charge in [0.15, 0.2) is 5.13 Å². The minimum atomic E-state index is -0.396. The van der Waals surface area contributed by atoms with Crippen molar-refractivity contribution in [3.05, 3.63) is 72.2 Å². The summed E-state index contributed by atoms with van der Waals surface area (Å²) in [7, 11) is 0. The molecular weight excluding hydrogens is 402 g/mol. The lowest BCUT2D eigenvalue weighted by Gasteiger charge is -2.12. The maximum Gasteiger partial charge on any atom is 0.239 e. The highest BCUT2D eigenvalue weighted by Gasteiger charge is 2.19. The molecule has 6 nitrogen and oxygen atoms in total. The van der Waals surface area contributed by atoms with E-state index in [9.17, 15) is 4.79 Å². The maximum atomic E-state index is 12.4. The summed E-state index contributed by atoms with van der Waals surface area (Å²) in [5.41, 5.74) is 3.34. The summed E-state index contributed by atoms with van der Waals surface area (Å²) in [5.74, 6) is -0.151. The van der Waals surface area contributed by atoms with Crippen molar-refractivity contribution in [2.24, 2.45) is 0 Å². The standard InChI is InChI=1S/C21H17N5OS2/c1-14(19(27)24-20-22-12-13-28-20)29-21-23-17(15-8-4-2-5-9-15)18(25-26-21)16-10-6-3-7-11-16/h2-14H,1H3,(H,22,24,27). The van der Waals surface area contributed by atoms with Gasteiger partial charge in [-0.05, 0) is 6.92 Å². The van der Waals surface area contributed by atoms with Gasteiger partial charge in [0.1, 0.15) is 11.4 Å². The third-order valence-electron chi connectivity index (χ3n) is 4.08. The van der Waals surface area contributed by atoms with E-state index in [4.69, 9.17) is 4.98 Å². The van der Waals surface area contributed by atoms with E-state index in [2.05, 4.69) is 20.5 Å². The van der Waals surface area contributed by atoms with Crippen molar-refractivity contribution in [2.75, 3.05) is 5.32 Å². The van der Waals surface area contributed by atoms with Crippen LogP contribution in [0.1, 0.15) is 6.92 Å². The Kier molecular flexibility index (Phi) is 5.92. The molecule has 29 heavy (non-hydrogen) atoms. The molecule has 2 aromatic carbocycles. The summed E-state index contributed by atoms with van der Waals surface area (Å²) >= 11 is 2.64. The van der Waals surface area contributed by atoms with E-state index in [1.54, 1.807) is 6.20 Å². The van der Waals surface area contributed by atoms with Crippen LogP contribution < -0.4 is 5.32 Å². The highest BCUT2D eigenvalue weighted by molar-refractivity contribution is 8.00. The first-order chi connectivity index (χ1) is 14.2. The van der Waals surface area contributed by atoms with Gasteiger partial charge >= 0.3 is 0 Å². The molecule has 0 aliphatic heterocycles. The van der Waals surface area contributed by atoms with Crippen LogP contribution in [0.15, 0.2) is 77.4 Å². The summed E-state index contributed by atoms with van der Waals surface area (Å²) in [6.45, 7) is 1.81. The summed E-state index contributed by atoms with van der Waals surface area (Å²) in [5, 5.41) is 13.9. The molecule has 0 radical (unpaired) electrons. The topological polar surface area (TPSA) is 80.7 Å². The molecule has 144 valence electrons. The zero-order valence-electron chi connectivity index (χ0n) is 15.5. The number of anilines is 1. The number of nitrogens with one attached hydrogen (secondary N) is 1. The van der Waals surface area contributed by atoms with Gasteiger partial charge in [-0.1, -0.05) is 72.4 Å². The van der Waals surface area contributed by atoms with Crippen LogP contribution in [0.4, 0.5) is 5.13 Å². The fourth-order valence-electron chi connectivity index (χ4n) is 2.65.